The summed E-state index contributed by atoms with van der Waals surface area (Å²) in [5.74, 6) is -0.803. The van der Waals surface area contributed by atoms with Crippen molar-refractivity contribution in [2.24, 2.45) is 0 Å². The number of carbonyl (C=O) groups excluding carboxylic acids is 3. The Kier molecular flexibility index (Phi) is 7.92. The number of aryl methyl sites for hydroxylation is 1. The van der Waals surface area contributed by atoms with Gasteiger partial charge in [0.1, 0.15) is 11.1 Å². The number of nitrogens with one attached hydrogen (secondary N) is 2. The van der Waals surface area contributed by atoms with Crippen molar-refractivity contribution in [1.82, 2.24) is 25.0 Å². The molecule has 1 aliphatic rings. The minimum Gasteiger partial charge on any atom is -0.480 e. The molecule has 40 heavy (non-hydrogen) atoms. The molecule has 2 N–H and O–H groups in total. The van der Waals surface area contributed by atoms with E-state index in [0.717, 1.165) is 4.68 Å². The van der Waals surface area contributed by atoms with Crippen LogP contribution in [0.3, 0.4) is 0 Å². The third-order valence-corrected chi connectivity index (χ3v) is 5.88. The van der Waals surface area contributed by atoms with Crippen molar-refractivity contribution in [3.05, 3.63) is 58.5 Å². The average Bonchev–Trinajstić information content (AvgIpc) is 3.47. The van der Waals surface area contributed by atoms with Gasteiger partial charge in [-0.05, 0) is 59.2 Å². The lowest BCUT2D eigenvalue weighted by Gasteiger charge is -2.23. The van der Waals surface area contributed by atoms with E-state index in [1.165, 1.54) is 24.2 Å². The van der Waals surface area contributed by atoms with E-state index in [0.29, 0.717) is 22.5 Å². The Morgan fingerprint density at radius 2 is 1.85 bits per heavy atom. The zero-order valence-corrected chi connectivity index (χ0v) is 24.2. The molecule has 0 aliphatic carbocycles. The van der Waals surface area contributed by atoms with Crippen molar-refractivity contribution in [3.63, 3.8) is 0 Å². The maximum absolute atomic E-state index is 13.7. The first-order valence-electron chi connectivity index (χ1n) is 12.6. The number of carbonyl (C=O) groups is 3. The maximum atomic E-state index is 13.7. The predicted octanol–water partition coefficient (Wildman–Crippen LogP) is 4.31. The summed E-state index contributed by atoms with van der Waals surface area (Å²) < 4.78 is 11.8. The van der Waals surface area contributed by atoms with E-state index in [-0.39, 0.29) is 34.4 Å². The molecule has 0 unspecified atom stereocenters. The first-order chi connectivity index (χ1) is 18.8. The smallest absolute Gasteiger partial charge is 0.435 e. The summed E-state index contributed by atoms with van der Waals surface area (Å²) in [6.07, 6.45) is 6.00. The highest BCUT2D eigenvalue weighted by Crippen LogP contribution is 2.31. The van der Waals surface area contributed by atoms with Crippen molar-refractivity contribution in [3.8, 4) is 5.88 Å². The molecule has 0 bridgehead atoms. The molecular formula is C27H32ClN7O5. The molecule has 3 aromatic rings. The van der Waals surface area contributed by atoms with Gasteiger partial charge in [0.25, 0.3) is 11.8 Å². The second kappa shape index (κ2) is 11.0. The number of halogens is 1. The van der Waals surface area contributed by atoms with Gasteiger partial charge in [0.05, 0.1) is 29.9 Å². The van der Waals surface area contributed by atoms with Crippen molar-refractivity contribution in [2.75, 3.05) is 24.0 Å². The number of amides is 2. The molecule has 1 aromatic carbocycles. The number of ether oxygens (including phenoxy) is 2. The van der Waals surface area contributed by atoms with E-state index >= 15 is 0 Å². The first-order valence-corrected chi connectivity index (χ1v) is 13.0. The monoisotopic (exact) mass is 569 g/mol. The highest BCUT2D eigenvalue weighted by atomic mass is 35.5. The number of hydrogen-bond donors (Lipinski definition) is 2. The van der Waals surface area contributed by atoms with E-state index < -0.39 is 23.5 Å². The van der Waals surface area contributed by atoms with Gasteiger partial charge in [0.2, 0.25) is 5.88 Å². The Bertz CT molecular complexity index is 1540. The lowest BCUT2D eigenvalue weighted by atomic mass is 10.0. The molecule has 4 rings (SSSR count). The number of methoxy groups -OCH3 is 1. The molecule has 0 radical (unpaired) electrons. The van der Waals surface area contributed by atoms with E-state index in [1.54, 1.807) is 51.0 Å². The number of rotatable bonds is 6. The van der Waals surface area contributed by atoms with Crippen molar-refractivity contribution in [2.45, 2.75) is 53.2 Å². The normalized spacial score (nSPS) is 13.4. The number of fused-ring (bicyclic) bond motifs is 1. The Balaban J connectivity index is 1.80. The highest BCUT2D eigenvalue weighted by Gasteiger charge is 2.27. The summed E-state index contributed by atoms with van der Waals surface area (Å²) in [5, 5.41) is 17.1. The average molecular weight is 570 g/mol. The molecule has 1 aliphatic heterocycles. The topological polar surface area (TPSA) is 133 Å². The Morgan fingerprint density at radius 3 is 2.48 bits per heavy atom. The predicted molar refractivity (Wildman–Crippen MR) is 152 cm³/mol. The fourth-order valence-electron chi connectivity index (χ4n) is 4.05. The Morgan fingerprint density at radius 1 is 1.12 bits per heavy atom. The molecule has 2 amide bonds. The molecular weight excluding hydrogens is 538 g/mol. The van der Waals surface area contributed by atoms with E-state index in [2.05, 4.69) is 20.8 Å². The molecule has 12 nitrogen and oxygen atoms in total. The van der Waals surface area contributed by atoms with Gasteiger partial charge in [-0.3, -0.25) is 14.6 Å². The van der Waals surface area contributed by atoms with E-state index in [4.69, 9.17) is 21.1 Å². The minimum atomic E-state index is -0.740. The van der Waals surface area contributed by atoms with E-state index in [1.807, 2.05) is 19.9 Å². The van der Waals surface area contributed by atoms with Crippen LogP contribution in [0.15, 0.2) is 41.7 Å². The van der Waals surface area contributed by atoms with Crippen LogP contribution in [0.4, 0.5) is 10.5 Å². The lowest BCUT2D eigenvalue weighted by molar-refractivity contribution is 0.0515. The molecule has 0 atom stereocenters. The zero-order valence-electron chi connectivity index (χ0n) is 23.4. The molecule has 0 saturated carbocycles. The van der Waals surface area contributed by atoms with Gasteiger partial charge < -0.3 is 20.1 Å². The summed E-state index contributed by atoms with van der Waals surface area (Å²) >= 11 is 6.17. The van der Waals surface area contributed by atoms with Crippen LogP contribution in [0, 0.1) is 6.92 Å². The number of nitrogens with zero attached hydrogens (tertiary/aromatic N) is 5. The van der Waals surface area contributed by atoms with Crippen molar-refractivity contribution in [1.29, 1.82) is 0 Å². The van der Waals surface area contributed by atoms with Gasteiger partial charge >= 0.3 is 6.09 Å². The van der Waals surface area contributed by atoms with Gasteiger partial charge in [-0.2, -0.15) is 14.6 Å². The Labute approximate surface area is 236 Å². The largest absolute Gasteiger partial charge is 0.480 e. The van der Waals surface area contributed by atoms with Crippen molar-refractivity contribution >= 4 is 46.1 Å². The summed E-state index contributed by atoms with van der Waals surface area (Å²) in [7, 11) is 1.45. The molecule has 0 fully saturated rings. The summed E-state index contributed by atoms with van der Waals surface area (Å²) in [4.78, 5) is 41.3. The van der Waals surface area contributed by atoms with Crippen LogP contribution < -0.4 is 20.4 Å². The standard InChI is InChI=1S/C27H32ClN7O5/c1-15(2)29-25(37)21-22(16(3)11-17-13-34(32-23(17)21)26(38)40-27(4,5)6)30-24(36)19-12-20(39-7)31-35(19)33-10-8-9-18(28)14-33/h8-9,11-15H,10H2,1-7H3,(H,29,37)(H,30,36). The van der Waals surface area contributed by atoms with Crippen LogP contribution >= 0.6 is 11.6 Å². The van der Waals surface area contributed by atoms with Crippen LogP contribution in [-0.2, 0) is 4.74 Å². The second-order valence-electron chi connectivity index (χ2n) is 10.5. The third kappa shape index (κ3) is 6.12. The molecule has 13 heteroatoms. The van der Waals surface area contributed by atoms with Crippen LogP contribution in [0.5, 0.6) is 5.88 Å². The van der Waals surface area contributed by atoms with Gasteiger partial charge in [-0.25, -0.2) is 4.79 Å². The minimum absolute atomic E-state index is 0.112. The number of allylic oxidation sites excluding steroid dienone is 2. The molecule has 212 valence electrons. The van der Waals surface area contributed by atoms with Crippen LogP contribution in [0.1, 0.15) is 61.0 Å². The molecule has 2 aromatic heterocycles. The lowest BCUT2D eigenvalue weighted by Crippen LogP contribution is -2.36. The van der Waals surface area contributed by atoms with Crippen LogP contribution in [-0.4, -0.2) is 62.9 Å². The fraction of sp³-hybridized carbons (Fsp3) is 0.370. The number of hydrogen-bond acceptors (Lipinski definition) is 8. The third-order valence-electron chi connectivity index (χ3n) is 5.66. The summed E-state index contributed by atoms with van der Waals surface area (Å²) in [6.45, 7) is 11.0. The van der Waals surface area contributed by atoms with Gasteiger partial charge in [-0.15, -0.1) is 5.10 Å². The van der Waals surface area contributed by atoms with E-state index in [9.17, 15) is 14.4 Å². The van der Waals surface area contributed by atoms with Crippen LogP contribution in [0.2, 0.25) is 0 Å². The maximum Gasteiger partial charge on any atom is 0.435 e. The second-order valence-corrected chi connectivity index (χ2v) is 11.0. The van der Waals surface area contributed by atoms with Gasteiger partial charge in [0.15, 0.2) is 5.69 Å². The first kappa shape index (κ1) is 28.7. The Hall–Kier alpha value is -4.32. The highest BCUT2D eigenvalue weighted by molar-refractivity contribution is 6.31. The summed E-state index contributed by atoms with van der Waals surface area (Å²) in [6, 6.07) is 3.02. The molecule has 0 spiro atoms. The molecule has 0 saturated heterocycles. The SMILES string of the molecule is COc1cc(C(=O)Nc2c(C)cc3cn(C(=O)OC(C)(C)C)nc3c2C(=O)NC(C)C)n(N2C=C(Cl)C=CC2)n1. The number of aromatic nitrogens is 4. The quantitative estimate of drug-likeness (QED) is 0.449. The van der Waals surface area contributed by atoms with Crippen molar-refractivity contribution < 1.29 is 23.9 Å². The van der Waals surface area contributed by atoms with Gasteiger partial charge in [-0.1, -0.05) is 17.7 Å². The number of anilines is 1. The van der Waals surface area contributed by atoms with Crippen LogP contribution in [0.25, 0.3) is 10.9 Å². The zero-order chi connectivity index (χ0) is 29.4. The number of benzene rings is 1. The fourth-order valence-corrected chi connectivity index (χ4v) is 4.25. The van der Waals surface area contributed by atoms with Gasteiger partial charge in [0, 0.05) is 29.9 Å². The molecule has 3 heterocycles. The summed E-state index contributed by atoms with van der Waals surface area (Å²) in [5.41, 5.74) is 0.564.